The van der Waals surface area contributed by atoms with Gasteiger partial charge in [0.05, 0.1) is 11.0 Å². The lowest BCUT2D eigenvalue weighted by atomic mass is 10.2. The molecule has 0 saturated heterocycles. The van der Waals surface area contributed by atoms with E-state index in [1.54, 1.807) is 0 Å². The molecule has 2 heterocycles. The number of rotatable bonds is 3. The monoisotopic (exact) mass is 287 g/mol. The molecule has 3 aromatic rings. The van der Waals surface area contributed by atoms with E-state index >= 15 is 0 Å². The van der Waals surface area contributed by atoms with Gasteiger partial charge in [-0.2, -0.15) is 0 Å². The van der Waals surface area contributed by atoms with Crippen LogP contribution in [0.25, 0.3) is 16.0 Å². The highest BCUT2D eigenvalue weighted by atomic mass is 32.1. The molecule has 1 aromatic carbocycles. The molecular weight excluding hydrogens is 270 g/mol. The molecule has 0 aliphatic heterocycles. The van der Waals surface area contributed by atoms with Gasteiger partial charge < -0.3 is 5.32 Å². The Morgan fingerprint density at radius 3 is 2.90 bits per heavy atom. The lowest BCUT2D eigenvalue weighted by molar-refractivity contribution is 0.0952. The molecule has 0 aliphatic rings. The van der Waals surface area contributed by atoms with Gasteiger partial charge >= 0.3 is 0 Å². The molecule has 1 N–H and O–H groups in total. The molecule has 5 heteroatoms. The Bertz CT molecular complexity index is 785. The first-order valence-electron chi connectivity index (χ1n) is 6.72. The summed E-state index contributed by atoms with van der Waals surface area (Å²) in [4.78, 5) is 18.4. The van der Waals surface area contributed by atoms with E-state index in [1.165, 1.54) is 11.3 Å². The largest absolute Gasteiger partial charge is 0.351 e. The zero-order chi connectivity index (χ0) is 14.3. The van der Waals surface area contributed by atoms with Gasteiger partial charge in [0.1, 0.15) is 4.88 Å². The highest BCUT2D eigenvalue weighted by Gasteiger charge is 2.18. The van der Waals surface area contributed by atoms with Gasteiger partial charge in [-0.3, -0.25) is 9.20 Å². The lowest BCUT2D eigenvalue weighted by Crippen LogP contribution is -2.27. The van der Waals surface area contributed by atoms with E-state index in [1.807, 2.05) is 31.2 Å². The number of hydrogen-bond donors (Lipinski definition) is 1. The standard InChI is InChI=1S/C15H17N3OS/c1-9(2)8-16-14(19)13-10(3)18-12-7-5-4-6-11(12)17-15(18)20-13/h4-7,9H,8H2,1-3H3,(H,16,19). The second kappa shape index (κ2) is 4.90. The first kappa shape index (κ1) is 13.1. The molecule has 4 nitrogen and oxygen atoms in total. The van der Waals surface area contributed by atoms with E-state index < -0.39 is 0 Å². The quantitative estimate of drug-likeness (QED) is 0.804. The van der Waals surface area contributed by atoms with Crippen LogP contribution in [0.4, 0.5) is 0 Å². The van der Waals surface area contributed by atoms with E-state index in [9.17, 15) is 4.79 Å². The van der Waals surface area contributed by atoms with Gasteiger partial charge in [-0.15, -0.1) is 0 Å². The molecule has 0 aliphatic carbocycles. The van der Waals surface area contributed by atoms with E-state index in [-0.39, 0.29) is 5.91 Å². The Labute approximate surface area is 121 Å². The Balaban J connectivity index is 2.05. The van der Waals surface area contributed by atoms with E-state index in [4.69, 9.17) is 0 Å². The summed E-state index contributed by atoms with van der Waals surface area (Å²) in [5, 5.41) is 2.97. The fraction of sp³-hybridized carbons (Fsp3) is 0.333. The molecule has 1 amide bonds. The van der Waals surface area contributed by atoms with Crippen molar-refractivity contribution in [3.05, 3.63) is 34.8 Å². The Morgan fingerprint density at radius 2 is 2.15 bits per heavy atom. The minimum Gasteiger partial charge on any atom is -0.351 e. The maximum absolute atomic E-state index is 12.2. The van der Waals surface area contributed by atoms with Crippen molar-refractivity contribution >= 4 is 33.2 Å². The van der Waals surface area contributed by atoms with Crippen LogP contribution in [0.3, 0.4) is 0 Å². The number of aryl methyl sites for hydroxylation is 1. The van der Waals surface area contributed by atoms with Crippen LogP contribution in [0, 0.1) is 12.8 Å². The smallest absolute Gasteiger partial charge is 0.263 e. The van der Waals surface area contributed by atoms with Crippen molar-refractivity contribution in [3.8, 4) is 0 Å². The second-order valence-electron chi connectivity index (χ2n) is 5.34. The van der Waals surface area contributed by atoms with Crippen molar-refractivity contribution in [2.75, 3.05) is 6.54 Å². The van der Waals surface area contributed by atoms with Gasteiger partial charge in [0, 0.05) is 12.2 Å². The zero-order valence-electron chi connectivity index (χ0n) is 11.8. The summed E-state index contributed by atoms with van der Waals surface area (Å²) in [5.41, 5.74) is 2.98. The SMILES string of the molecule is Cc1c(C(=O)NCC(C)C)sc2nc3ccccc3n12. The van der Waals surface area contributed by atoms with Crippen molar-refractivity contribution in [2.24, 2.45) is 5.92 Å². The molecule has 0 fully saturated rings. The van der Waals surface area contributed by atoms with Gasteiger partial charge in [-0.25, -0.2) is 4.98 Å². The van der Waals surface area contributed by atoms with Gasteiger partial charge in [0.2, 0.25) is 0 Å². The van der Waals surface area contributed by atoms with Crippen molar-refractivity contribution in [2.45, 2.75) is 20.8 Å². The summed E-state index contributed by atoms with van der Waals surface area (Å²) < 4.78 is 2.06. The summed E-state index contributed by atoms with van der Waals surface area (Å²) >= 11 is 1.45. The molecule has 3 rings (SSSR count). The summed E-state index contributed by atoms with van der Waals surface area (Å²) in [6, 6.07) is 7.99. The number of carbonyl (C=O) groups excluding carboxylic acids is 1. The summed E-state index contributed by atoms with van der Waals surface area (Å²) in [7, 11) is 0. The number of nitrogens with one attached hydrogen (secondary N) is 1. The van der Waals surface area contributed by atoms with Crippen LogP contribution < -0.4 is 5.32 Å². The van der Waals surface area contributed by atoms with Crippen LogP contribution in [-0.2, 0) is 0 Å². The highest BCUT2D eigenvalue weighted by Crippen LogP contribution is 2.27. The average molecular weight is 287 g/mol. The van der Waals surface area contributed by atoms with Crippen molar-refractivity contribution in [1.82, 2.24) is 14.7 Å². The number of amides is 1. The van der Waals surface area contributed by atoms with Crippen LogP contribution in [0.5, 0.6) is 0 Å². The fourth-order valence-corrected chi connectivity index (χ4v) is 3.31. The summed E-state index contributed by atoms with van der Waals surface area (Å²) in [6.07, 6.45) is 0. The molecule has 2 aromatic heterocycles. The van der Waals surface area contributed by atoms with Crippen LogP contribution in [-0.4, -0.2) is 21.8 Å². The van der Waals surface area contributed by atoms with Crippen LogP contribution in [0.1, 0.15) is 29.2 Å². The highest BCUT2D eigenvalue weighted by molar-refractivity contribution is 7.19. The number of nitrogens with zero attached hydrogens (tertiary/aromatic N) is 2. The molecule has 0 radical (unpaired) electrons. The number of imidazole rings is 1. The normalized spacial score (nSPS) is 11.6. The predicted molar refractivity (Wildman–Crippen MR) is 82.5 cm³/mol. The summed E-state index contributed by atoms with van der Waals surface area (Å²) in [5.74, 6) is 0.444. The molecule has 104 valence electrons. The topological polar surface area (TPSA) is 46.4 Å². The van der Waals surface area contributed by atoms with Gasteiger partial charge in [-0.05, 0) is 25.0 Å². The number of hydrogen-bond acceptors (Lipinski definition) is 3. The number of thiazole rings is 1. The zero-order valence-corrected chi connectivity index (χ0v) is 12.6. The van der Waals surface area contributed by atoms with Gasteiger partial charge in [-0.1, -0.05) is 37.3 Å². The lowest BCUT2D eigenvalue weighted by Gasteiger charge is -2.06. The predicted octanol–water partition coefficient (Wildman–Crippen LogP) is 3.24. The first-order valence-corrected chi connectivity index (χ1v) is 7.54. The van der Waals surface area contributed by atoms with Crippen LogP contribution in [0.15, 0.2) is 24.3 Å². The third-order valence-electron chi connectivity index (χ3n) is 3.26. The minimum atomic E-state index is -0.00391. The number of benzene rings is 1. The third-order valence-corrected chi connectivity index (χ3v) is 4.41. The molecule has 20 heavy (non-hydrogen) atoms. The van der Waals surface area contributed by atoms with Gasteiger partial charge in [0.25, 0.3) is 5.91 Å². The number of carbonyl (C=O) groups is 1. The van der Waals surface area contributed by atoms with Crippen LogP contribution in [0.2, 0.25) is 0 Å². The van der Waals surface area contributed by atoms with Crippen molar-refractivity contribution in [1.29, 1.82) is 0 Å². The molecule has 0 saturated carbocycles. The average Bonchev–Trinajstić information content (AvgIpc) is 2.93. The molecule has 0 spiro atoms. The second-order valence-corrected chi connectivity index (χ2v) is 6.32. The maximum atomic E-state index is 12.2. The van der Waals surface area contributed by atoms with Crippen molar-refractivity contribution < 1.29 is 4.79 Å². The van der Waals surface area contributed by atoms with Crippen LogP contribution >= 0.6 is 11.3 Å². The number of fused-ring (bicyclic) bond motifs is 3. The maximum Gasteiger partial charge on any atom is 0.263 e. The molecular formula is C15H17N3OS. The Hall–Kier alpha value is -1.88. The van der Waals surface area contributed by atoms with E-state index in [0.29, 0.717) is 12.5 Å². The fourth-order valence-electron chi connectivity index (χ4n) is 2.25. The minimum absolute atomic E-state index is 0.00391. The number of aromatic nitrogens is 2. The molecule has 0 bridgehead atoms. The van der Waals surface area contributed by atoms with Crippen molar-refractivity contribution in [3.63, 3.8) is 0 Å². The Morgan fingerprint density at radius 1 is 1.40 bits per heavy atom. The summed E-state index contributed by atoms with van der Waals surface area (Å²) in [6.45, 7) is 6.84. The Kier molecular flexibility index (Phi) is 3.22. The molecule has 0 atom stereocenters. The number of para-hydroxylation sites is 2. The van der Waals surface area contributed by atoms with E-state index in [0.717, 1.165) is 26.6 Å². The first-order chi connectivity index (χ1) is 9.58. The van der Waals surface area contributed by atoms with Gasteiger partial charge in [0.15, 0.2) is 4.96 Å². The third kappa shape index (κ3) is 2.08. The van der Waals surface area contributed by atoms with E-state index in [2.05, 4.69) is 28.5 Å². The molecule has 0 unspecified atom stereocenters.